The number of esters is 1. The molecule has 2 nitrogen and oxygen atoms in total. The quantitative estimate of drug-likeness (QED) is 0.368. The highest BCUT2D eigenvalue weighted by molar-refractivity contribution is 6.52. The van der Waals surface area contributed by atoms with Crippen LogP contribution >= 0.6 is 23.2 Å². The molecule has 0 heterocycles. The lowest BCUT2D eigenvalue weighted by Crippen LogP contribution is -2.12. The number of hydrogen-bond donors (Lipinski definition) is 0. The first-order valence-corrected chi connectivity index (χ1v) is 6.00. The van der Waals surface area contributed by atoms with Gasteiger partial charge in [0, 0.05) is 0 Å². The van der Waals surface area contributed by atoms with Gasteiger partial charge in [0.15, 0.2) is 0 Å². The first-order valence-electron chi connectivity index (χ1n) is 5.13. The highest BCUT2D eigenvalue weighted by atomic mass is 35.5. The van der Waals surface area contributed by atoms with Gasteiger partial charge >= 0.3 is 5.97 Å². The van der Waals surface area contributed by atoms with Gasteiger partial charge in [-0.15, -0.1) is 0 Å². The Morgan fingerprint density at radius 1 is 1.14 bits per heavy atom. The molecule has 0 aromatic rings. The summed E-state index contributed by atoms with van der Waals surface area (Å²) in [5, 5.41) is 0. The normalized spacial score (nSPS) is 10.6. The van der Waals surface area contributed by atoms with Crippen molar-refractivity contribution in [3.8, 4) is 0 Å². The minimum absolute atomic E-state index is 0.431. The number of halogens is 2. The molecule has 0 radical (unpaired) electrons. The van der Waals surface area contributed by atoms with E-state index in [4.69, 9.17) is 27.9 Å². The maximum Gasteiger partial charge on any atom is 0.339 e. The molecule has 0 spiro atoms. The fourth-order valence-corrected chi connectivity index (χ4v) is 1.24. The fourth-order valence-electron chi connectivity index (χ4n) is 1.12. The topological polar surface area (TPSA) is 26.3 Å². The molecule has 0 N–H and O–H groups in total. The van der Waals surface area contributed by atoms with Crippen LogP contribution in [0, 0.1) is 0 Å². The monoisotopic (exact) mass is 240 g/mol. The van der Waals surface area contributed by atoms with E-state index in [1.54, 1.807) is 0 Å². The van der Waals surface area contributed by atoms with Gasteiger partial charge in [-0.2, -0.15) is 0 Å². The number of rotatable bonds is 8. The zero-order valence-corrected chi connectivity index (χ0v) is 10.1. The predicted molar refractivity (Wildman–Crippen MR) is 59.8 cm³/mol. The van der Waals surface area contributed by atoms with Gasteiger partial charge in [0.1, 0.15) is 0 Å². The largest absolute Gasteiger partial charge is 0.464 e. The average molecular weight is 241 g/mol. The van der Waals surface area contributed by atoms with E-state index in [-0.39, 0.29) is 0 Å². The molecular formula is C10H18Cl2O2. The molecule has 14 heavy (non-hydrogen) atoms. The van der Waals surface area contributed by atoms with Crippen LogP contribution in [0.15, 0.2) is 0 Å². The summed E-state index contributed by atoms with van der Waals surface area (Å²) < 4.78 is 4.81. The third kappa shape index (κ3) is 8.64. The molecule has 0 amide bonds. The van der Waals surface area contributed by atoms with Crippen LogP contribution < -0.4 is 0 Å². The van der Waals surface area contributed by atoms with Gasteiger partial charge in [-0.3, -0.25) is 0 Å². The molecule has 0 bridgehead atoms. The maximum atomic E-state index is 10.8. The van der Waals surface area contributed by atoms with Crippen LogP contribution in [0.25, 0.3) is 0 Å². The van der Waals surface area contributed by atoms with E-state index in [0.29, 0.717) is 6.61 Å². The summed E-state index contributed by atoms with van der Waals surface area (Å²) in [6.07, 6.45) is 6.99. The van der Waals surface area contributed by atoms with Crippen molar-refractivity contribution in [2.75, 3.05) is 6.61 Å². The van der Waals surface area contributed by atoms with E-state index >= 15 is 0 Å². The van der Waals surface area contributed by atoms with E-state index in [1.165, 1.54) is 25.7 Å². The molecule has 0 saturated carbocycles. The highest BCUT2D eigenvalue weighted by Crippen LogP contribution is 2.07. The zero-order chi connectivity index (χ0) is 10.8. The van der Waals surface area contributed by atoms with E-state index < -0.39 is 10.8 Å². The maximum absolute atomic E-state index is 10.8. The summed E-state index contributed by atoms with van der Waals surface area (Å²) in [6.45, 7) is 2.61. The fraction of sp³-hybridized carbons (Fsp3) is 0.900. The number of carbonyl (C=O) groups excluding carboxylic acids is 1. The van der Waals surface area contributed by atoms with Crippen molar-refractivity contribution >= 4 is 29.2 Å². The highest BCUT2D eigenvalue weighted by Gasteiger charge is 2.11. The smallest absolute Gasteiger partial charge is 0.339 e. The first kappa shape index (κ1) is 14.1. The number of hydrogen-bond acceptors (Lipinski definition) is 2. The number of ether oxygens (including phenoxy) is 1. The summed E-state index contributed by atoms with van der Waals surface area (Å²) in [5.41, 5.74) is 0. The van der Waals surface area contributed by atoms with Crippen molar-refractivity contribution < 1.29 is 9.53 Å². The van der Waals surface area contributed by atoms with Gasteiger partial charge in [0.25, 0.3) is 0 Å². The Morgan fingerprint density at radius 3 is 2.29 bits per heavy atom. The Balaban J connectivity index is 3.10. The second-order valence-corrected chi connectivity index (χ2v) is 4.33. The third-order valence-electron chi connectivity index (χ3n) is 1.92. The summed E-state index contributed by atoms with van der Waals surface area (Å²) in [6, 6.07) is 0. The molecule has 0 aliphatic heterocycles. The molecule has 0 aliphatic rings. The van der Waals surface area contributed by atoms with Crippen molar-refractivity contribution in [3.05, 3.63) is 0 Å². The SMILES string of the molecule is CCCCCCCCOC(=O)C(Cl)Cl. The summed E-state index contributed by atoms with van der Waals surface area (Å²) in [5.74, 6) is -0.540. The molecule has 0 atom stereocenters. The molecule has 0 aromatic heterocycles. The minimum Gasteiger partial charge on any atom is -0.464 e. The number of carbonyl (C=O) groups is 1. The Kier molecular flexibility index (Phi) is 9.63. The second-order valence-electron chi connectivity index (χ2n) is 3.24. The van der Waals surface area contributed by atoms with Crippen LogP contribution in [0.3, 0.4) is 0 Å². The summed E-state index contributed by atoms with van der Waals surface area (Å²) >= 11 is 10.6. The Morgan fingerprint density at radius 2 is 1.71 bits per heavy atom. The molecule has 0 fully saturated rings. The lowest BCUT2D eigenvalue weighted by atomic mass is 10.1. The molecule has 0 unspecified atom stereocenters. The van der Waals surface area contributed by atoms with Gasteiger partial charge in [-0.05, 0) is 6.42 Å². The zero-order valence-electron chi connectivity index (χ0n) is 8.60. The van der Waals surface area contributed by atoms with Crippen LogP contribution in [0.4, 0.5) is 0 Å². The molecule has 0 saturated heterocycles. The Labute approximate surface area is 95.9 Å². The minimum atomic E-state index is -1.05. The number of unbranched alkanes of at least 4 members (excludes halogenated alkanes) is 5. The van der Waals surface area contributed by atoms with Gasteiger partial charge in [0.05, 0.1) is 6.61 Å². The first-order chi connectivity index (χ1) is 6.68. The van der Waals surface area contributed by atoms with Crippen LogP contribution in [0.1, 0.15) is 45.4 Å². The molecule has 0 rings (SSSR count). The lowest BCUT2D eigenvalue weighted by Gasteiger charge is -2.04. The van der Waals surface area contributed by atoms with Crippen molar-refractivity contribution in [2.45, 2.75) is 50.3 Å². The van der Waals surface area contributed by atoms with Crippen LogP contribution in [-0.2, 0) is 9.53 Å². The van der Waals surface area contributed by atoms with Gasteiger partial charge in [0.2, 0.25) is 4.84 Å². The molecular weight excluding hydrogens is 223 g/mol. The molecule has 4 heteroatoms. The van der Waals surface area contributed by atoms with E-state index in [9.17, 15) is 4.79 Å². The lowest BCUT2D eigenvalue weighted by molar-refractivity contribution is -0.141. The van der Waals surface area contributed by atoms with Crippen molar-refractivity contribution in [3.63, 3.8) is 0 Å². The van der Waals surface area contributed by atoms with E-state index in [1.807, 2.05) is 0 Å². The van der Waals surface area contributed by atoms with E-state index in [2.05, 4.69) is 6.92 Å². The number of alkyl halides is 2. The van der Waals surface area contributed by atoms with Gasteiger partial charge in [-0.25, -0.2) is 4.79 Å². The van der Waals surface area contributed by atoms with Crippen LogP contribution in [0.5, 0.6) is 0 Å². The molecule has 0 aromatic carbocycles. The molecule has 84 valence electrons. The second kappa shape index (κ2) is 9.60. The van der Waals surface area contributed by atoms with Crippen LogP contribution in [0.2, 0.25) is 0 Å². The van der Waals surface area contributed by atoms with Crippen molar-refractivity contribution in [2.24, 2.45) is 0 Å². The molecule has 0 aliphatic carbocycles. The van der Waals surface area contributed by atoms with Crippen molar-refractivity contribution in [1.29, 1.82) is 0 Å². The Bertz CT molecular complexity index is 149. The van der Waals surface area contributed by atoms with Crippen LogP contribution in [-0.4, -0.2) is 17.4 Å². The van der Waals surface area contributed by atoms with E-state index in [0.717, 1.165) is 12.8 Å². The van der Waals surface area contributed by atoms with Gasteiger partial charge < -0.3 is 4.74 Å². The van der Waals surface area contributed by atoms with Crippen molar-refractivity contribution in [1.82, 2.24) is 0 Å². The average Bonchev–Trinajstić information content (AvgIpc) is 2.16. The predicted octanol–water partition coefficient (Wildman–Crippen LogP) is 3.69. The Hall–Kier alpha value is 0.0500. The summed E-state index contributed by atoms with van der Waals surface area (Å²) in [7, 11) is 0. The van der Waals surface area contributed by atoms with Gasteiger partial charge in [-0.1, -0.05) is 62.2 Å². The third-order valence-corrected chi connectivity index (χ3v) is 2.28. The standard InChI is InChI=1S/C10H18Cl2O2/c1-2-3-4-5-6-7-8-14-10(13)9(11)12/h9H,2-8H2,1H3. The summed E-state index contributed by atoms with van der Waals surface area (Å²) in [4.78, 5) is 9.75.